The fourth-order valence-electron chi connectivity index (χ4n) is 3.75. The molecule has 2 aromatic heterocycles. The summed E-state index contributed by atoms with van der Waals surface area (Å²) in [4.78, 5) is 8.56. The van der Waals surface area contributed by atoms with Crippen molar-refractivity contribution in [3.05, 3.63) is 72.2 Å². The van der Waals surface area contributed by atoms with Crippen molar-refractivity contribution in [1.82, 2.24) is 9.97 Å². The third kappa shape index (κ3) is 7.56. The highest BCUT2D eigenvalue weighted by Crippen LogP contribution is 2.26. The summed E-state index contributed by atoms with van der Waals surface area (Å²) < 4.78 is 11.9. The van der Waals surface area contributed by atoms with Crippen LogP contribution < -0.4 is 14.8 Å². The molecule has 5 heteroatoms. The topological polar surface area (TPSA) is 56.3 Å². The van der Waals surface area contributed by atoms with E-state index in [-0.39, 0.29) is 0 Å². The Morgan fingerprint density at radius 3 is 2.59 bits per heavy atom. The quantitative estimate of drug-likeness (QED) is 0.292. The SMILES string of the molecule is CCCC(CC)CCCOc1ccnc(Nc2ccc(OCc3cccnc3)cc2C)c1. The number of benzene rings is 1. The zero-order chi connectivity index (χ0) is 22.6. The molecule has 0 fully saturated rings. The van der Waals surface area contributed by atoms with Crippen molar-refractivity contribution in [3.8, 4) is 11.5 Å². The Kier molecular flexibility index (Phi) is 9.36. The van der Waals surface area contributed by atoms with Gasteiger partial charge in [-0.05, 0) is 61.6 Å². The third-order valence-corrected chi connectivity index (χ3v) is 5.62. The summed E-state index contributed by atoms with van der Waals surface area (Å²) in [6, 6.07) is 13.8. The molecule has 1 atom stereocenters. The van der Waals surface area contributed by atoms with Gasteiger partial charge in [-0.2, -0.15) is 0 Å². The van der Waals surface area contributed by atoms with Gasteiger partial charge in [-0.25, -0.2) is 4.98 Å². The molecule has 1 aromatic carbocycles. The number of rotatable bonds is 13. The second-order valence-corrected chi connectivity index (χ2v) is 8.18. The molecule has 0 spiro atoms. The van der Waals surface area contributed by atoms with Crippen LogP contribution in [0.2, 0.25) is 0 Å². The molecule has 0 amide bonds. The van der Waals surface area contributed by atoms with Gasteiger partial charge >= 0.3 is 0 Å². The van der Waals surface area contributed by atoms with Crippen LogP contribution in [0.5, 0.6) is 11.5 Å². The van der Waals surface area contributed by atoms with Crippen LogP contribution in [0.15, 0.2) is 61.1 Å². The lowest BCUT2D eigenvalue weighted by atomic mass is 9.96. The van der Waals surface area contributed by atoms with E-state index in [1.54, 1.807) is 12.4 Å². The number of pyridine rings is 2. The average molecular weight is 434 g/mol. The first-order valence-corrected chi connectivity index (χ1v) is 11.7. The van der Waals surface area contributed by atoms with Gasteiger partial charge in [-0.15, -0.1) is 0 Å². The fourth-order valence-corrected chi connectivity index (χ4v) is 3.75. The molecule has 170 valence electrons. The van der Waals surface area contributed by atoms with Crippen molar-refractivity contribution in [2.24, 2.45) is 5.92 Å². The van der Waals surface area contributed by atoms with Gasteiger partial charge in [0, 0.05) is 35.9 Å². The van der Waals surface area contributed by atoms with Gasteiger partial charge in [0.05, 0.1) is 6.61 Å². The molecule has 3 rings (SSSR count). The molecule has 5 nitrogen and oxygen atoms in total. The van der Waals surface area contributed by atoms with Gasteiger partial charge in [0.2, 0.25) is 0 Å². The minimum absolute atomic E-state index is 0.498. The van der Waals surface area contributed by atoms with Crippen molar-refractivity contribution in [1.29, 1.82) is 0 Å². The van der Waals surface area contributed by atoms with Crippen LogP contribution in [0.25, 0.3) is 0 Å². The molecule has 1 unspecified atom stereocenters. The molecule has 0 saturated heterocycles. The minimum atomic E-state index is 0.498. The number of aromatic nitrogens is 2. The largest absolute Gasteiger partial charge is 0.493 e. The summed E-state index contributed by atoms with van der Waals surface area (Å²) in [5.41, 5.74) is 3.13. The van der Waals surface area contributed by atoms with Crippen LogP contribution in [0.3, 0.4) is 0 Å². The van der Waals surface area contributed by atoms with Gasteiger partial charge in [0.25, 0.3) is 0 Å². The summed E-state index contributed by atoms with van der Waals surface area (Å²) in [5, 5.41) is 3.39. The van der Waals surface area contributed by atoms with Crippen LogP contribution in [-0.4, -0.2) is 16.6 Å². The zero-order valence-electron chi connectivity index (χ0n) is 19.5. The van der Waals surface area contributed by atoms with Gasteiger partial charge in [-0.1, -0.05) is 39.2 Å². The van der Waals surface area contributed by atoms with Gasteiger partial charge in [0.15, 0.2) is 0 Å². The van der Waals surface area contributed by atoms with Crippen molar-refractivity contribution >= 4 is 11.5 Å². The molecule has 0 radical (unpaired) electrons. The van der Waals surface area contributed by atoms with Crippen LogP contribution in [0.4, 0.5) is 11.5 Å². The predicted molar refractivity (Wildman–Crippen MR) is 131 cm³/mol. The second-order valence-electron chi connectivity index (χ2n) is 8.18. The van der Waals surface area contributed by atoms with E-state index in [1.165, 1.54) is 25.7 Å². The van der Waals surface area contributed by atoms with Crippen molar-refractivity contribution in [2.45, 2.75) is 59.5 Å². The minimum Gasteiger partial charge on any atom is -0.493 e. The molecule has 0 bridgehead atoms. The number of hydrogen-bond acceptors (Lipinski definition) is 5. The Labute approximate surface area is 192 Å². The van der Waals surface area contributed by atoms with E-state index in [9.17, 15) is 0 Å². The highest BCUT2D eigenvalue weighted by molar-refractivity contribution is 5.62. The first-order chi connectivity index (χ1) is 15.7. The normalized spacial score (nSPS) is 11.7. The highest BCUT2D eigenvalue weighted by atomic mass is 16.5. The first kappa shape index (κ1) is 23.6. The summed E-state index contributed by atoms with van der Waals surface area (Å²) in [7, 11) is 0. The van der Waals surface area contributed by atoms with Crippen molar-refractivity contribution in [2.75, 3.05) is 11.9 Å². The molecule has 32 heavy (non-hydrogen) atoms. The molecule has 0 aliphatic rings. The number of ether oxygens (including phenoxy) is 2. The summed E-state index contributed by atoms with van der Waals surface area (Å²) in [6.45, 7) is 7.84. The molecule has 0 aliphatic heterocycles. The lowest BCUT2D eigenvalue weighted by molar-refractivity contribution is 0.286. The molecular formula is C27H35N3O2. The summed E-state index contributed by atoms with van der Waals surface area (Å²) in [5.74, 6) is 3.26. The van der Waals surface area contributed by atoms with Crippen LogP contribution in [0.1, 0.15) is 57.1 Å². The smallest absolute Gasteiger partial charge is 0.133 e. The number of aryl methyl sites for hydroxylation is 1. The van der Waals surface area contributed by atoms with E-state index in [0.29, 0.717) is 6.61 Å². The van der Waals surface area contributed by atoms with E-state index in [1.807, 2.05) is 48.7 Å². The fraction of sp³-hybridized carbons (Fsp3) is 0.407. The number of anilines is 2. The molecule has 0 saturated carbocycles. The lowest BCUT2D eigenvalue weighted by Crippen LogP contribution is -2.04. The maximum absolute atomic E-state index is 5.98. The van der Waals surface area contributed by atoms with Gasteiger partial charge in [-0.3, -0.25) is 4.98 Å². The standard InChI is InChI=1S/C27H35N3O2/c1-4-8-22(5-2)10-7-16-31-25-13-15-29-27(18-25)30-26-12-11-24(17-21(26)3)32-20-23-9-6-14-28-19-23/h6,9,11-15,17-19,22H,4-5,7-8,10,16,20H2,1-3H3,(H,29,30). The summed E-state index contributed by atoms with van der Waals surface area (Å²) >= 11 is 0. The first-order valence-electron chi connectivity index (χ1n) is 11.7. The Morgan fingerprint density at radius 1 is 0.969 bits per heavy atom. The van der Waals surface area contributed by atoms with E-state index in [0.717, 1.165) is 53.1 Å². The maximum atomic E-state index is 5.98. The Bertz CT molecular complexity index is 947. The molecule has 3 aromatic rings. The van der Waals surface area contributed by atoms with E-state index in [4.69, 9.17) is 9.47 Å². The highest BCUT2D eigenvalue weighted by Gasteiger charge is 2.07. The number of hydrogen-bond donors (Lipinski definition) is 1. The Balaban J connectivity index is 1.51. The van der Waals surface area contributed by atoms with Gasteiger partial charge < -0.3 is 14.8 Å². The second kappa shape index (κ2) is 12.7. The third-order valence-electron chi connectivity index (χ3n) is 5.62. The van der Waals surface area contributed by atoms with E-state index >= 15 is 0 Å². The average Bonchev–Trinajstić information content (AvgIpc) is 2.82. The molecule has 0 aliphatic carbocycles. The van der Waals surface area contributed by atoms with E-state index < -0.39 is 0 Å². The maximum Gasteiger partial charge on any atom is 0.133 e. The number of nitrogens with one attached hydrogen (secondary N) is 1. The van der Waals surface area contributed by atoms with Crippen molar-refractivity contribution < 1.29 is 9.47 Å². The number of nitrogens with zero attached hydrogens (tertiary/aromatic N) is 2. The van der Waals surface area contributed by atoms with E-state index in [2.05, 4.69) is 36.1 Å². The predicted octanol–water partition coefficient (Wildman–Crippen LogP) is 7.09. The molecule has 2 heterocycles. The zero-order valence-corrected chi connectivity index (χ0v) is 19.5. The summed E-state index contributed by atoms with van der Waals surface area (Å²) in [6.07, 6.45) is 11.5. The van der Waals surface area contributed by atoms with Crippen LogP contribution in [-0.2, 0) is 6.61 Å². The van der Waals surface area contributed by atoms with Crippen molar-refractivity contribution in [3.63, 3.8) is 0 Å². The monoisotopic (exact) mass is 433 g/mol. The van der Waals surface area contributed by atoms with Crippen LogP contribution >= 0.6 is 0 Å². The Morgan fingerprint density at radius 2 is 1.84 bits per heavy atom. The molecular weight excluding hydrogens is 398 g/mol. The lowest BCUT2D eigenvalue weighted by Gasteiger charge is -2.14. The van der Waals surface area contributed by atoms with Crippen LogP contribution in [0, 0.1) is 12.8 Å². The molecule has 1 N–H and O–H groups in total. The van der Waals surface area contributed by atoms with Gasteiger partial charge in [0.1, 0.15) is 23.9 Å². The Hall–Kier alpha value is -3.08.